The number of nitrogens with zero attached hydrogens (tertiary/aromatic N) is 1. The van der Waals surface area contributed by atoms with Gasteiger partial charge in [-0.2, -0.15) is 0 Å². The minimum Gasteiger partial charge on any atom is -0.360 e. The SMILES string of the molecule is CC(C)(C)NC1=NCC(C2CC2)S1. The molecule has 1 aliphatic heterocycles. The molecule has 13 heavy (non-hydrogen) atoms. The van der Waals surface area contributed by atoms with Crippen LogP contribution in [-0.2, 0) is 0 Å². The monoisotopic (exact) mass is 198 g/mol. The van der Waals surface area contributed by atoms with Crippen molar-refractivity contribution in [1.82, 2.24) is 5.32 Å². The molecule has 1 N–H and O–H groups in total. The summed E-state index contributed by atoms with van der Waals surface area (Å²) in [6.07, 6.45) is 2.85. The lowest BCUT2D eigenvalue weighted by Crippen LogP contribution is -2.38. The zero-order valence-corrected chi connectivity index (χ0v) is 9.45. The fourth-order valence-electron chi connectivity index (χ4n) is 1.49. The predicted octanol–water partition coefficient (Wildman–Crippen LogP) is 2.26. The van der Waals surface area contributed by atoms with Crippen molar-refractivity contribution < 1.29 is 0 Å². The van der Waals surface area contributed by atoms with Gasteiger partial charge in [0.05, 0.1) is 6.54 Å². The van der Waals surface area contributed by atoms with Crippen LogP contribution in [0.15, 0.2) is 4.99 Å². The molecule has 1 unspecified atom stereocenters. The summed E-state index contributed by atoms with van der Waals surface area (Å²) in [6.45, 7) is 7.58. The maximum atomic E-state index is 4.53. The maximum Gasteiger partial charge on any atom is 0.157 e. The quantitative estimate of drug-likeness (QED) is 0.699. The standard InChI is InChI=1S/C10H18N2S/c1-10(2,3)12-9-11-6-8(13-9)7-4-5-7/h7-8H,4-6H2,1-3H3,(H,11,12). The van der Waals surface area contributed by atoms with Crippen molar-refractivity contribution in [3.05, 3.63) is 0 Å². The van der Waals surface area contributed by atoms with Crippen LogP contribution >= 0.6 is 11.8 Å². The minimum atomic E-state index is 0.157. The maximum absolute atomic E-state index is 4.53. The molecule has 1 heterocycles. The summed E-state index contributed by atoms with van der Waals surface area (Å²) in [6, 6.07) is 0. The van der Waals surface area contributed by atoms with Crippen LogP contribution in [0.3, 0.4) is 0 Å². The molecule has 2 aliphatic rings. The normalized spacial score (nSPS) is 28.8. The Balaban J connectivity index is 1.82. The van der Waals surface area contributed by atoms with Gasteiger partial charge in [0.2, 0.25) is 0 Å². The second kappa shape index (κ2) is 3.19. The number of nitrogens with one attached hydrogen (secondary N) is 1. The minimum absolute atomic E-state index is 0.157. The Morgan fingerprint density at radius 2 is 2.08 bits per heavy atom. The van der Waals surface area contributed by atoms with Gasteiger partial charge in [0, 0.05) is 10.8 Å². The molecule has 2 rings (SSSR count). The molecule has 74 valence electrons. The molecule has 1 fully saturated rings. The highest BCUT2D eigenvalue weighted by atomic mass is 32.2. The topological polar surface area (TPSA) is 24.4 Å². The number of thioether (sulfide) groups is 1. The molecule has 0 saturated heterocycles. The van der Waals surface area contributed by atoms with Gasteiger partial charge in [0.15, 0.2) is 5.17 Å². The lowest BCUT2D eigenvalue weighted by atomic mass is 10.1. The van der Waals surface area contributed by atoms with E-state index in [1.54, 1.807) is 0 Å². The molecule has 0 aromatic rings. The number of hydrogen-bond donors (Lipinski definition) is 1. The van der Waals surface area contributed by atoms with Gasteiger partial charge in [0.1, 0.15) is 0 Å². The largest absolute Gasteiger partial charge is 0.360 e. The van der Waals surface area contributed by atoms with Crippen LogP contribution in [0.4, 0.5) is 0 Å². The summed E-state index contributed by atoms with van der Waals surface area (Å²) in [7, 11) is 0. The lowest BCUT2D eigenvalue weighted by molar-refractivity contribution is 0.515. The summed E-state index contributed by atoms with van der Waals surface area (Å²) in [5, 5.41) is 5.38. The molecular formula is C10H18N2S. The Hall–Kier alpha value is -0.180. The van der Waals surface area contributed by atoms with Gasteiger partial charge < -0.3 is 5.32 Å². The number of aliphatic imine (C=N–C) groups is 1. The molecule has 0 bridgehead atoms. The van der Waals surface area contributed by atoms with Gasteiger partial charge >= 0.3 is 0 Å². The van der Waals surface area contributed by atoms with E-state index in [4.69, 9.17) is 0 Å². The second-order valence-corrected chi connectivity index (χ2v) is 6.24. The van der Waals surface area contributed by atoms with E-state index in [0.717, 1.165) is 22.9 Å². The highest BCUT2D eigenvalue weighted by Gasteiger charge is 2.35. The van der Waals surface area contributed by atoms with Gasteiger partial charge in [-0.15, -0.1) is 0 Å². The smallest absolute Gasteiger partial charge is 0.157 e. The molecule has 1 atom stereocenters. The fraction of sp³-hybridized carbons (Fsp3) is 0.900. The van der Waals surface area contributed by atoms with Gasteiger partial charge in [-0.1, -0.05) is 11.8 Å². The van der Waals surface area contributed by atoms with Gasteiger partial charge in [-0.05, 0) is 39.5 Å². The highest BCUT2D eigenvalue weighted by molar-refractivity contribution is 8.14. The lowest BCUT2D eigenvalue weighted by Gasteiger charge is -2.21. The predicted molar refractivity (Wildman–Crippen MR) is 59.3 cm³/mol. The third kappa shape index (κ3) is 2.63. The first-order valence-electron chi connectivity index (χ1n) is 5.04. The van der Waals surface area contributed by atoms with Crippen molar-refractivity contribution in [1.29, 1.82) is 0 Å². The van der Waals surface area contributed by atoms with E-state index in [2.05, 4.69) is 31.1 Å². The first-order chi connectivity index (χ1) is 6.04. The van der Waals surface area contributed by atoms with Crippen molar-refractivity contribution in [2.24, 2.45) is 10.9 Å². The Labute approximate surface area is 84.6 Å². The van der Waals surface area contributed by atoms with Crippen molar-refractivity contribution in [2.75, 3.05) is 6.54 Å². The van der Waals surface area contributed by atoms with E-state index in [1.165, 1.54) is 12.8 Å². The highest BCUT2D eigenvalue weighted by Crippen LogP contribution is 2.41. The molecule has 0 aromatic heterocycles. The van der Waals surface area contributed by atoms with Crippen LogP contribution < -0.4 is 5.32 Å². The summed E-state index contributed by atoms with van der Waals surface area (Å²) in [5.41, 5.74) is 0.157. The number of rotatable bonds is 1. The number of hydrogen-bond acceptors (Lipinski definition) is 3. The third-order valence-corrected chi connectivity index (χ3v) is 3.60. The van der Waals surface area contributed by atoms with Crippen LogP contribution in [0.25, 0.3) is 0 Å². The molecule has 1 saturated carbocycles. The Bertz CT molecular complexity index is 226. The first kappa shape index (κ1) is 9.38. The summed E-state index contributed by atoms with van der Waals surface area (Å²) in [5.74, 6) is 0.966. The van der Waals surface area contributed by atoms with E-state index in [-0.39, 0.29) is 5.54 Å². The zero-order valence-electron chi connectivity index (χ0n) is 8.63. The summed E-state index contributed by atoms with van der Waals surface area (Å²) in [4.78, 5) is 4.53. The molecule has 0 aromatic carbocycles. The molecule has 0 spiro atoms. The average molecular weight is 198 g/mol. The van der Waals surface area contributed by atoms with Gasteiger partial charge in [-0.25, -0.2) is 0 Å². The van der Waals surface area contributed by atoms with Crippen molar-refractivity contribution in [3.8, 4) is 0 Å². The Kier molecular flexibility index (Phi) is 2.30. The second-order valence-electron chi connectivity index (χ2n) is 5.01. The summed E-state index contributed by atoms with van der Waals surface area (Å²) >= 11 is 1.95. The Morgan fingerprint density at radius 1 is 1.38 bits per heavy atom. The van der Waals surface area contributed by atoms with Crippen molar-refractivity contribution in [3.63, 3.8) is 0 Å². The van der Waals surface area contributed by atoms with Crippen LogP contribution in [0.1, 0.15) is 33.6 Å². The third-order valence-electron chi connectivity index (χ3n) is 2.31. The molecule has 1 aliphatic carbocycles. The molecule has 3 heteroatoms. The first-order valence-corrected chi connectivity index (χ1v) is 5.92. The van der Waals surface area contributed by atoms with Crippen molar-refractivity contribution in [2.45, 2.75) is 44.4 Å². The van der Waals surface area contributed by atoms with E-state index >= 15 is 0 Å². The number of amidine groups is 1. The van der Waals surface area contributed by atoms with Crippen LogP contribution in [-0.4, -0.2) is 22.5 Å². The van der Waals surface area contributed by atoms with Crippen LogP contribution in [0.2, 0.25) is 0 Å². The average Bonchev–Trinajstić information content (AvgIpc) is 2.72. The molecule has 2 nitrogen and oxygen atoms in total. The fourth-order valence-corrected chi connectivity index (χ4v) is 2.91. The van der Waals surface area contributed by atoms with Crippen LogP contribution in [0, 0.1) is 5.92 Å². The van der Waals surface area contributed by atoms with E-state index in [9.17, 15) is 0 Å². The molecule has 0 radical (unpaired) electrons. The van der Waals surface area contributed by atoms with E-state index in [1.807, 2.05) is 11.8 Å². The molecular weight excluding hydrogens is 180 g/mol. The van der Waals surface area contributed by atoms with Crippen LogP contribution in [0.5, 0.6) is 0 Å². The van der Waals surface area contributed by atoms with Gasteiger partial charge in [0.25, 0.3) is 0 Å². The summed E-state index contributed by atoms with van der Waals surface area (Å²) < 4.78 is 0. The van der Waals surface area contributed by atoms with E-state index in [0.29, 0.717) is 0 Å². The molecule has 0 amide bonds. The van der Waals surface area contributed by atoms with Crippen molar-refractivity contribution >= 4 is 16.9 Å². The Morgan fingerprint density at radius 3 is 2.62 bits per heavy atom. The van der Waals surface area contributed by atoms with E-state index < -0.39 is 0 Å². The zero-order chi connectivity index (χ0) is 9.47. The van der Waals surface area contributed by atoms with Gasteiger partial charge in [-0.3, -0.25) is 4.99 Å².